The summed E-state index contributed by atoms with van der Waals surface area (Å²) in [5.41, 5.74) is 2.83. The molecule has 2 fully saturated rings. The summed E-state index contributed by atoms with van der Waals surface area (Å²) >= 11 is 5.82. The Labute approximate surface area is 213 Å². The van der Waals surface area contributed by atoms with Crippen molar-refractivity contribution in [2.45, 2.75) is 26.3 Å². The Balaban J connectivity index is 1.40. The van der Waals surface area contributed by atoms with E-state index in [9.17, 15) is 4.79 Å². The number of nitrogens with zero attached hydrogens (tertiary/aromatic N) is 3. The van der Waals surface area contributed by atoms with E-state index < -0.39 is 0 Å². The summed E-state index contributed by atoms with van der Waals surface area (Å²) in [4.78, 5) is 22.9. The molecule has 0 saturated carbocycles. The number of hydrogen-bond donors (Lipinski definition) is 2. The van der Waals surface area contributed by atoms with Crippen molar-refractivity contribution >= 4 is 28.2 Å². The van der Waals surface area contributed by atoms with Gasteiger partial charge in [0.25, 0.3) is 5.56 Å². The summed E-state index contributed by atoms with van der Waals surface area (Å²) < 4.78 is 10.9. The number of ether oxygens (including phenoxy) is 2. The van der Waals surface area contributed by atoms with Crippen LogP contribution in [0.1, 0.15) is 24.5 Å². The van der Waals surface area contributed by atoms with E-state index in [1.807, 2.05) is 12.1 Å². The van der Waals surface area contributed by atoms with Gasteiger partial charge in [-0.25, -0.2) is 0 Å². The molecule has 8 nitrogen and oxygen atoms in total. The van der Waals surface area contributed by atoms with Crippen LogP contribution < -0.4 is 10.9 Å². The Morgan fingerprint density at radius 3 is 2.43 bits per heavy atom. The van der Waals surface area contributed by atoms with E-state index in [1.165, 1.54) is 5.56 Å². The topological polar surface area (TPSA) is 73.1 Å². The molecule has 3 heterocycles. The molecule has 0 unspecified atom stereocenters. The number of aromatic amines is 1. The van der Waals surface area contributed by atoms with Gasteiger partial charge in [0.15, 0.2) is 5.11 Å². The van der Waals surface area contributed by atoms with Gasteiger partial charge in [-0.05, 0) is 60.8 Å². The summed E-state index contributed by atoms with van der Waals surface area (Å²) in [6.07, 6.45) is 1.99. The molecular weight excluding hydrogens is 462 g/mol. The van der Waals surface area contributed by atoms with Gasteiger partial charge in [0.1, 0.15) is 0 Å². The minimum Gasteiger partial charge on any atom is -0.379 e. The molecule has 192 valence electrons. The molecule has 0 radical (unpaired) electrons. The summed E-state index contributed by atoms with van der Waals surface area (Å²) in [5.74, 6) is 0. The van der Waals surface area contributed by atoms with Gasteiger partial charge < -0.3 is 24.7 Å². The molecule has 2 saturated heterocycles. The van der Waals surface area contributed by atoms with Crippen LogP contribution in [0.15, 0.2) is 29.1 Å². The Kier molecular flexibility index (Phi) is 9.91. The van der Waals surface area contributed by atoms with Crippen LogP contribution in [0.5, 0.6) is 0 Å². The second-order valence-corrected chi connectivity index (χ2v) is 9.70. The van der Waals surface area contributed by atoms with Gasteiger partial charge in [0, 0.05) is 56.9 Å². The lowest BCUT2D eigenvalue weighted by molar-refractivity contribution is 0.0356. The van der Waals surface area contributed by atoms with E-state index in [4.69, 9.17) is 21.7 Å². The number of fused-ring (bicyclic) bond motifs is 1. The fraction of sp³-hybridized carbons (Fsp3) is 0.615. The predicted octanol–water partition coefficient (Wildman–Crippen LogP) is 1.82. The van der Waals surface area contributed by atoms with E-state index in [0.29, 0.717) is 11.7 Å². The zero-order chi connectivity index (χ0) is 24.5. The first-order valence-corrected chi connectivity index (χ1v) is 13.3. The van der Waals surface area contributed by atoms with E-state index in [-0.39, 0.29) is 5.56 Å². The van der Waals surface area contributed by atoms with Crippen molar-refractivity contribution in [2.75, 3.05) is 78.8 Å². The molecule has 0 amide bonds. The van der Waals surface area contributed by atoms with Crippen LogP contribution >= 0.6 is 12.2 Å². The largest absolute Gasteiger partial charge is 0.379 e. The van der Waals surface area contributed by atoms with Gasteiger partial charge in [-0.3, -0.25) is 14.6 Å². The third kappa shape index (κ3) is 7.72. The standard InChI is InChI=1S/C26H39N5O3S/c1-2-21-4-5-24-22(18-21)19-23(25(32)28-24)20-31(9-8-30-12-16-34-17-13-30)26(35)27-6-3-7-29-10-14-33-15-11-29/h4-5,18-19H,2-3,6-17,20H2,1H3,(H,27,35)(H,28,32). The molecule has 2 N–H and O–H groups in total. The Morgan fingerprint density at radius 2 is 1.74 bits per heavy atom. The minimum absolute atomic E-state index is 0.0479. The minimum atomic E-state index is -0.0479. The highest BCUT2D eigenvalue weighted by molar-refractivity contribution is 7.80. The smallest absolute Gasteiger partial charge is 0.253 e. The van der Waals surface area contributed by atoms with Crippen LogP contribution in [0.25, 0.3) is 10.9 Å². The van der Waals surface area contributed by atoms with E-state index >= 15 is 0 Å². The number of aryl methyl sites for hydroxylation is 1. The van der Waals surface area contributed by atoms with Crippen molar-refractivity contribution in [3.05, 3.63) is 45.7 Å². The lowest BCUT2D eigenvalue weighted by atomic mass is 10.1. The molecule has 0 bridgehead atoms. The first-order valence-electron chi connectivity index (χ1n) is 12.9. The normalized spacial score (nSPS) is 17.5. The Bertz CT molecular complexity index is 1020. The average molecular weight is 502 g/mol. The molecule has 2 aromatic rings. The van der Waals surface area contributed by atoms with E-state index in [2.05, 4.69) is 44.1 Å². The third-order valence-electron chi connectivity index (χ3n) is 6.86. The SMILES string of the molecule is CCc1ccc2[nH]c(=O)c(CN(CCN3CCOCC3)C(=S)NCCCN3CCOCC3)cc2c1. The number of rotatable bonds is 10. The van der Waals surface area contributed by atoms with E-state index in [1.54, 1.807) is 0 Å². The Hall–Kier alpha value is -2.04. The fourth-order valence-corrected chi connectivity index (χ4v) is 4.88. The van der Waals surface area contributed by atoms with Crippen molar-refractivity contribution in [3.8, 4) is 0 Å². The zero-order valence-corrected chi connectivity index (χ0v) is 21.7. The molecule has 1 aromatic heterocycles. The summed E-state index contributed by atoms with van der Waals surface area (Å²) in [5, 5.41) is 5.23. The van der Waals surface area contributed by atoms with Crippen LogP contribution in [-0.4, -0.2) is 104 Å². The summed E-state index contributed by atoms with van der Waals surface area (Å²) in [6.45, 7) is 13.2. The van der Waals surface area contributed by atoms with Gasteiger partial charge in [0.2, 0.25) is 0 Å². The molecule has 35 heavy (non-hydrogen) atoms. The lowest BCUT2D eigenvalue weighted by Crippen LogP contribution is -2.46. The lowest BCUT2D eigenvalue weighted by Gasteiger charge is -2.31. The van der Waals surface area contributed by atoms with Crippen molar-refractivity contribution in [2.24, 2.45) is 0 Å². The number of benzene rings is 1. The monoisotopic (exact) mass is 501 g/mol. The molecule has 0 spiro atoms. The van der Waals surface area contributed by atoms with Gasteiger partial charge in [0.05, 0.1) is 33.0 Å². The van der Waals surface area contributed by atoms with Crippen molar-refractivity contribution in [3.63, 3.8) is 0 Å². The molecule has 1 aromatic carbocycles. The van der Waals surface area contributed by atoms with Gasteiger partial charge >= 0.3 is 0 Å². The molecule has 0 atom stereocenters. The average Bonchev–Trinajstić information content (AvgIpc) is 2.90. The fourth-order valence-electron chi connectivity index (χ4n) is 4.62. The summed E-state index contributed by atoms with van der Waals surface area (Å²) in [6, 6.07) is 8.25. The van der Waals surface area contributed by atoms with E-state index in [0.717, 1.165) is 108 Å². The predicted molar refractivity (Wildman–Crippen MR) is 144 cm³/mol. The zero-order valence-electron chi connectivity index (χ0n) is 20.9. The first kappa shape index (κ1) is 26.0. The maximum absolute atomic E-state index is 12.9. The molecule has 2 aliphatic rings. The highest BCUT2D eigenvalue weighted by Crippen LogP contribution is 2.15. The van der Waals surface area contributed by atoms with Crippen molar-refractivity contribution in [1.82, 2.24) is 25.0 Å². The maximum atomic E-state index is 12.9. The Morgan fingerprint density at radius 1 is 1.06 bits per heavy atom. The van der Waals surface area contributed by atoms with Crippen LogP contribution in [0.2, 0.25) is 0 Å². The molecular formula is C26H39N5O3S. The number of H-pyrrole nitrogens is 1. The summed E-state index contributed by atoms with van der Waals surface area (Å²) in [7, 11) is 0. The number of hydrogen-bond acceptors (Lipinski definition) is 6. The first-order chi connectivity index (χ1) is 17.1. The maximum Gasteiger partial charge on any atom is 0.253 e. The quantitative estimate of drug-likeness (QED) is 0.377. The van der Waals surface area contributed by atoms with Crippen LogP contribution in [0.4, 0.5) is 0 Å². The van der Waals surface area contributed by atoms with Crippen LogP contribution in [-0.2, 0) is 22.4 Å². The second kappa shape index (κ2) is 13.3. The number of thiocarbonyl (C=S) groups is 1. The van der Waals surface area contributed by atoms with Crippen molar-refractivity contribution in [1.29, 1.82) is 0 Å². The van der Waals surface area contributed by atoms with Gasteiger partial charge in [-0.1, -0.05) is 13.0 Å². The molecule has 9 heteroatoms. The van der Waals surface area contributed by atoms with Gasteiger partial charge in [-0.15, -0.1) is 0 Å². The highest BCUT2D eigenvalue weighted by Gasteiger charge is 2.17. The number of morpholine rings is 2. The third-order valence-corrected chi connectivity index (χ3v) is 7.27. The highest BCUT2D eigenvalue weighted by atomic mass is 32.1. The number of pyridine rings is 1. The van der Waals surface area contributed by atoms with Crippen molar-refractivity contribution < 1.29 is 9.47 Å². The molecule has 4 rings (SSSR count). The van der Waals surface area contributed by atoms with Gasteiger partial charge in [-0.2, -0.15) is 0 Å². The van der Waals surface area contributed by atoms with Crippen LogP contribution in [0, 0.1) is 0 Å². The number of aromatic nitrogens is 1. The number of nitrogens with one attached hydrogen (secondary N) is 2. The molecule has 0 aliphatic carbocycles. The van der Waals surface area contributed by atoms with Crippen LogP contribution in [0.3, 0.4) is 0 Å². The molecule has 2 aliphatic heterocycles. The second-order valence-electron chi connectivity index (χ2n) is 9.31.